The molecule has 0 aliphatic heterocycles. The van der Waals surface area contributed by atoms with Crippen LogP contribution in [0.25, 0.3) is 0 Å². The van der Waals surface area contributed by atoms with Crippen molar-refractivity contribution in [2.24, 2.45) is 11.8 Å². The van der Waals surface area contributed by atoms with Gasteiger partial charge in [-0.05, 0) is 37.1 Å². The summed E-state index contributed by atoms with van der Waals surface area (Å²) in [5, 5.41) is 29.0. The van der Waals surface area contributed by atoms with Crippen molar-refractivity contribution in [3.63, 3.8) is 0 Å². The number of ketones is 1. The molecule has 4 atom stereocenters. The lowest BCUT2D eigenvalue weighted by atomic mass is 9.86. The first-order valence-electron chi connectivity index (χ1n) is 9.17. The molecule has 0 spiro atoms. The van der Waals surface area contributed by atoms with E-state index in [0.717, 1.165) is 0 Å². The van der Waals surface area contributed by atoms with Gasteiger partial charge in [0.05, 0.1) is 12.0 Å². The van der Waals surface area contributed by atoms with Crippen molar-refractivity contribution in [1.29, 1.82) is 0 Å². The number of carbonyl (C=O) groups excluding carboxylic acids is 1. The molecule has 146 valence electrons. The summed E-state index contributed by atoms with van der Waals surface area (Å²) in [6, 6.07) is 8.90. The number of rotatable bonds is 11. The maximum absolute atomic E-state index is 12.1. The number of benzene rings is 1. The zero-order valence-electron chi connectivity index (χ0n) is 15.1. The van der Waals surface area contributed by atoms with Crippen molar-refractivity contribution in [2.45, 2.75) is 44.5 Å². The fraction of sp³-hybridized carbons (Fsp3) is 0.429. The standard InChI is InChI=1S/C21H26O6/c22-17(9-5-2-6-10-19(24)25)21-15(11-13-18(21)23)12-14-20(26)27-16-7-3-1-4-8-16/h1,3-4,7-8,11-15,17,20-22,26H,2,5-6,9-10H2,(H,24,25)/b14-12+. The maximum atomic E-state index is 12.1. The Balaban J connectivity index is 1.83. The number of aliphatic hydroxyl groups is 2. The second-order valence-electron chi connectivity index (χ2n) is 6.63. The van der Waals surface area contributed by atoms with E-state index in [0.29, 0.717) is 31.4 Å². The van der Waals surface area contributed by atoms with Crippen molar-refractivity contribution in [1.82, 2.24) is 0 Å². The zero-order chi connectivity index (χ0) is 19.6. The number of aliphatic hydroxyl groups excluding tert-OH is 2. The molecule has 6 nitrogen and oxygen atoms in total. The summed E-state index contributed by atoms with van der Waals surface area (Å²) >= 11 is 0. The number of aliphatic carboxylic acids is 1. The fourth-order valence-electron chi connectivity index (χ4n) is 3.14. The van der Waals surface area contributed by atoms with Crippen molar-refractivity contribution >= 4 is 11.8 Å². The van der Waals surface area contributed by atoms with Crippen LogP contribution in [-0.2, 0) is 9.59 Å². The number of carbonyl (C=O) groups is 2. The van der Waals surface area contributed by atoms with Gasteiger partial charge in [0.15, 0.2) is 5.78 Å². The number of hydrogen-bond acceptors (Lipinski definition) is 5. The molecule has 0 heterocycles. The first-order valence-corrected chi connectivity index (χ1v) is 9.17. The second-order valence-corrected chi connectivity index (χ2v) is 6.63. The van der Waals surface area contributed by atoms with Crippen LogP contribution in [0.2, 0.25) is 0 Å². The highest BCUT2D eigenvalue weighted by molar-refractivity contribution is 5.95. The third-order valence-electron chi connectivity index (χ3n) is 4.53. The summed E-state index contributed by atoms with van der Waals surface area (Å²) < 4.78 is 5.36. The van der Waals surface area contributed by atoms with E-state index in [4.69, 9.17) is 9.84 Å². The first-order chi connectivity index (χ1) is 13.0. The normalized spacial score (nSPS) is 21.5. The van der Waals surface area contributed by atoms with E-state index in [1.165, 1.54) is 12.2 Å². The van der Waals surface area contributed by atoms with Gasteiger partial charge in [0, 0.05) is 12.3 Å². The molecule has 27 heavy (non-hydrogen) atoms. The van der Waals surface area contributed by atoms with Gasteiger partial charge in [-0.3, -0.25) is 9.59 Å². The van der Waals surface area contributed by atoms with Gasteiger partial charge in [0.1, 0.15) is 5.75 Å². The van der Waals surface area contributed by atoms with Crippen LogP contribution in [0.4, 0.5) is 0 Å². The molecular formula is C21H26O6. The summed E-state index contributed by atoms with van der Waals surface area (Å²) in [4.78, 5) is 22.6. The molecule has 6 heteroatoms. The van der Waals surface area contributed by atoms with Crippen molar-refractivity contribution < 1.29 is 29.6 Å². The van der Waals surface area contributed by atoms with Crippen LogP contribution in [0.5, 0.6) is 5.75 Å². The second kappa shape index (κ2) is 10.6. The van der Waals surface area contributed by atoms with Crippen LogP contribution in [0.1, 0.15) is 32.1 Å². The summed E-state index contributed by atoms with van der Waals surface area (Å²) in [5.41, 5.74) is 0. The van der Waals surface area contributed by atoms with Gasteiger partial charge in [-0.25, -0.2) is 0 Å². The van der Waals surface area contributed by atoms with E-state index in [9.17, 15) is 19.8 Å². The molecule has 0 saturated heterocycles. The lowest BCUT2D eigenvalue weighted by Gasteiger charge is -2.22. The highest BCUT2D eigenvalue weighted by Crippen LogP contribution is 2.29. The Hall–Kier alpha value is -2.44. The predicted octanol–water partition coefficient (Wildman–Crippen LogP) is 2.71. The molecule has 3 N–H and O–H groups in total. The minimum atomic E-state index is -1.15. The van der Waals surface area contributed by atoms with Crippen LogP contribution >= 0.6 is 0 Å². The monoisotopic (exact) mass is 374 g/mol. The Morgan fingerprint density at radius 3 is 2.59 bits per heavy atom. The summed E-state index contributed by atoms with van der Waals surface area (Å²) in [7, 11) is 0. The molecule has 2 rings (SSSR count). The lowest BCUT2D eigenvalue weighted by molar-refractivity contribution is -0.137. The lowest BCUT2D eigenvalue weighted by Crippen LogP contribution is -2.29. The SMILES string of the molecule is O=C(O)CCCCCC(O)C1C(=O)C=CC1/C=C/C(O)Oc1ccccc1. The van der Waals surface area contributed by atoms with Crippen LogP contribution in [0, 0.1) is 11.8 Å². The molecule has 4 unspecified atom stereocenters. The van der Waals surface area contributed by atoms with E-state index in [2.05, 4.69) is 0 Å². The van der Waals surface area contributed by atoms with Crippen molar-refractivity contribution in [3.05, 3.63) is 54.6 Å². The average molecular weight is 374 g/mol. The third kappa shape index (κ3) is 7.00. The van der Waals surface area contributed by atoms with Crippen LogP contribution in [-0.4, -0.2) is 39.5 Å². The van der Waals surface area contributed by atoms with Gasteiger partial charge in [-0.2, -0.15) is 0 Å². The van der Waals surface area contributed by atoms with E-state index in [-0.39, 0.29) is 18.1 Å². The van der Waals surface area contributed by atoms with Crippen molar-refractivity contribution in [2.75, 3.05) is 0 Å². The Morgan fingerprint density at radius 1 is 1.15 bits per heavy atom. The summed E-state index contributed by atoms with van der Waals surface area (Å²) in [6.07, 6.45) is 6.83. The number of carboxylic acid groups (broad SMARTS) is 1. The molecule has 1 aliphatic carbocycles. The Kier molecular flexibility index (Phi) is 8.23. The highest BCUT2D eigenvalue weighted by Gasteiger charge is 2.34. The first kappa shape index (κ1) is 20.9. The van der Waals surface area contributed by atoms with Gasteiger partial charge in [-0.1, -0.05) is 43.2 Å². The molecule has 0 aromatic heterocycles. The van der Waals surface area contributed by atoms with Crippen molar-refractivity contribution in [3.8, 4) is 5.75 Å². The van der Waals surface area contributed by atoms with Gasteiger partial charge >= 0.3 is 5.97 Å². The number of allylic oxidation sites excluding steroid dienone is 3. The van der Waals surface area contributed by atoms with Crippen LogP contribution in [0.15, 0.2) is 54.6 Å². The molecule has 0 radical (unpaired) electrons. The van der Waals surface area contributed by atoms with E-state index < -0.39 is 24.3 Å². The average Bonchev–Trinajstić information content (AvgIpc) is 3.01. The Bertz CT molecular complexity index is 667. The van der Waals surface area contributed by atoms with E-state index in [1.807, 2.05) is 6.07 Å². The molecular weight excluding hydrogens is 348 g/mol. The number of para-hydroxylation sites is 1. The molecule has 1 aromatic rings. The molecule has 0 fully saturated rings. The topological polar surface area (TPSA) is 104 Å². The molecule has 0 saturated carbocycles. The van der Waals surface area contributed by atoms with Gasteiger partial charge in [0.2, 0.25) is 6.29 Å². The van der Waals surface area contributed by atoms with Gasteiger partial charge in [-0.15, -0.1) is 0 Å². The Labute approximate surface area is 158 Å². The number of ether oxygens (including phenoxy) is 1. The highest BCUT2D eigenvalue weighted by atomic mass is 16.6. The Morgan fingerprint density at radius 2 is 1.89 bits per heavy atom. The largest absolute Gasteiger partial charge is 0.481 e. The maximum Gasteiger partial charge on any atom is 0.303 e. The third-order valence-corrected chi connectivity index (χ3v) is 4.53. The van der Waals surface area contributed by atoms with Gasteiger partial charge in [0.25, 0.3) is 0 Å². The van der Waals surface area contributed by atoms with E-state index in [1.54, 1.807) is 36.4 Å². The molecule has 0 amide bonds. The predicted molar refractivity (Wildman–Crippen MR) is 100 cm³/mol. The molecule has 0 bridgehead atoms. The number of carboxylic acids is 1. The zero-order valence-corrected chi connectivity index (χ0v) is 15.1. The van der Waals surface area contributed by atoms with Crippen LogP contribution in [0.3, 0.4) is 0 Å². The molecule has 1 aromatic carbocycles. The van der Waals surface area contributed by atoms with Gasteiger partial charge < -0.3 is 20.1 Å². The van der Waals surface area contributed by atoms with Crippen LogP contribution < -0.4 is 4.74 Å². The van der Waals surface area contributed by atoms with E-state index >= 15 is 0 Å². The fourth-order valence-corrected chi connectivity index (χ4v) is 3.14. The summed E-state index contributed by atoms with van der Waals surface area (Å²) in [6.45, 7) is 0. The molecule has 1 aliphatic rings. The number of hydrogen-bond donors (Lipinski definition) is 3. The minimum Gasteiger partial charge on any atom is -0.481 e. The number of unbranched alkanes of at least 4 members (excludes halogenated alkanes) is 2. The quantitative estimate of drug-likeness (QED) is 0.313. The smallest absolute Gasteiger partial charge is 0.303 e. The summed E-state index contributed by atoms with van der Waals surface area (Å²) in [5.74, 6) is -1.32. The minimum absolute atomic E-state index is 0.116.